The van der Waals surface area contributed by atoms with Gasteiger partial charge in [-0.3, -0.25) is 4.79 Å². The number of carboxylic acid groups (broad SMARTS) is 1. The Balaban J connectivity index is 2.58. The van der Waals surface area contributed by atoms with Crippen molar-refractivity contribution in [3.63, 3.8) is 0 Å². The van der Waals surface area contributed by atoms with Crippen LogP contribution in [0, 0.1) is 0 Å². The summed E-state index contributed by atoms with van der Waals surface area (Å²) in [5.41, 5.74) is 0.696. The Morgan fingerprint density at radius 1 is 1.26 bits per heavy atom. The molecule has 1 rings (SSSR count). The Kier molecular flexibility index (Phi) is 5.56. The number of aliphatic carboxylic acids is 1. The number of aliphatic hydroxyl groups excluding tert-OH is 1. The van der Waals surface area contributed by atoms with Crippen molar-refractivity contribution >= 4 is 18.0 Å². The third kappa shape index (κ3) is 5.22. The standard InChI is InChI=1S/C13H15NO5/c15-8-7-11(13(18)19)14-12(17)6-3-9-1-4-10(16)5-2-9/h1-6,11,15-16H,7-8H2,(H,14,17)(H,18,19)/t11-/m0/s1. The molecular weight excluding hydrogens is 250 g/mol. The highest BCUT2D eigenvalue weighted by Gasteiger charge is 2.17. The minimum Gasteiger partial charge on any atom is -0.508 e. The van der Waals surface area contributed by atoms with Crippen LogP contribution in [0.5, 0.6) is 5.75 Å². The largest absolute Gasteiger partial charge is 0.508 e. The molecule has 6 heteroatoms. The number of hydrogen-bond acceptors (Lipinski definition) is 4. The minimum atomic E-state index is -1.19. The van der Waals surface area contributed by atoms with E-state index in [0.717, 1.165) is 0 Å². The average Bonchev–Trinajstić information content (AvgIpc) is 2.37. The Morgan fingerprint density at radius 3 is 2.42 bits per heavy atom. The van der Waals surface area contributed by atoms with Crippen molar-refractivity contribution in [1.82, 2.24) is 5.32 Å². The fraction of sp³-hybridized carbons (Fsp3) is 0.231. The lowest BCUT2D eigenvalue weighted by Crippen LogP contribution is -2.40. The number of benzene rings is 1. The molecule has 6 nitrogen and oxygen atoms in total. The van der Waals surface area contributed by atoms with Crippen LogP contribution in [0.3, 0.4) is 0 Å². The van der Waals surface area contributed by atoms with Crippen molar-refractivity contribution in [2.24, 2.45) is 0 Å². The van der Waals surface area contributed by atoms with E-state index >= 15 is 0 Å². The maximum atomic E-state index is 11.5. The molecule has 102 valence electrons. The number of aromatic hydroxyl groups is 1. The number of phenols is 1. The van der Waals surface area contributed by atoms with E-state index in [1.54, 1.807) is 12.1 Å². The van der Waals surface area contributed by atoms with Gasteiger partial charge in [0.15, 0.2) is 0 Å². The molecule has 0 spiro atoms. The molecule has 1 amide bonds. The van der Waals surface area contributed by atoms with E-state index in [-0.39, 0.29) is 18.8 Å². The van der Waals surface area contributed by atoms with Gasteiger partial charge < -0.3 is 20.6 Å². The second-order valence-electron chi connectivity index (χ2n) is 3.84. The van der Waals surface area contributed by atoms with E-state index in [0.29, 0.717) is 5.56 Å². The molecule has 0 saturated carbocycles. The first kappa shape index (κ1) is 14.7. The monoisotopic (exact) mass is 265 g/mol. The van der Waals surface area contributed by atoms with Gasteiger partial charge in [-0.05, 0) is 23.8 Å². The van der Waals surface area contributed by atoms with Crippen LogP contribution in [0.1, 0.15) is 12.0 Å². The Bertz CT molecular complexity index is 466. The Labute approximate surface area is 110 Å². The van der Waals surface area contributed by atoms with Gasteiger partial charge in [-0.15, -0.1) is 0 Å². The van der Waals surface area contributed by atoms with E-state index in [1.165, 1.54) is 24.3 Å². The molecule has 0 bridgehead atoms. The molecule has 19 heavy (non-hydrogen) atoms. The SMILES string of the molecule is O=C(C=Cc1ccc(O)cc1)N[C@@H](CCO)C(=O)O. The van der Waals surface area contributed by atoms with Crippen molar-refractivity contribution in [2.45, 2.75) is 12.5 Å². The third-order valence-corrected chi connectivity index (χ3v) is 2.35. The van der Waals surface area contributed by atoms with Gasteiger partial charge in [-0.25, -0.2) is 4.79 Å². The lowest BCUT2D eigenvalue weighted by Gasteiger charge is -2.11. The highest BCUT2D eigenvalue weighted by molar-refractivity contribution is 5.94. The number of nitrogens with one attached hydrogen (secondary N) is 1. The van der Waals surface area contributed by atoms with Crippen molar-refractivity contribution in [3.8, 4) is 5.75 Å². The highest BCUT2D eigenvalue weighted by atomic mass is 16.4. The molecular formula is C13H15NO5. The zero-order valence-corrected chi connectivity index (χ0v) is 10.1. The molecule has 0 unspecified atom stereocenters. The summed E-state index contributed by atoms with van der Waals surface area (Å²) in [7, 11) is 0. The Hall–Kier alpha value is -2.34. The van der Waals surface area contributed by atoms with E-state index in [4.69, 9.17) is 15.3 Å². The summed E-state index contributed by atoms with van der Waals surface area (Å²) in [4.78, 5) is 22.2. The van der Waals surface area contributed by atoms with Crippen LogP contribution in [0.15, 0.2) is 30.3 Å². The summed E-state index contributed by atoms with van der Waals surface area (Å²) in [6, 6.07) is 5.07. The molecule has 1 atom stereocenters. The van der Waals surface area contributed by atoms with Crippen LogP contribution < -0.4 is 5.32 Å². The molecule has 4 N–H and O–H groups in total. The Morgan fingerprint density at radius 2 is 1.89 bits per heavy atom. The third-order valence-electron chi connectivity index (χ3n) is 2.35. The summed E-state index contributed by atoms with van der Waals surface area (Å²) >= 11 is 0. The van der Waals surface area contributed by atoms with Gasteiger partial charge in [0.25, 0.3) is 0 Å². The van der Waals surface area contributed by atoms with Gasteiger partial charge in [0.05, 0.1) is 0 Å². The summed E-state index contributed by atoms with van der Waals surface area (Å²) < 4.78 is 0. The second kappa shape index (κ2) is 7.17. The summed E-state index contributed by atoms with van der Waals surface area (Å²) in [5.74, 6) is -1.63. The maximum absolute atomic E-state index is 11.5. The van der Waals surface area contributed by atoms with E-state index < -0.39 is 17.9 Å². The molecule has 0 heterocycles. The zero-order valence-electron chi connectivity index (χ0n) is 10.1. The second-order valence-corrected chi connectivity index (χ2v) is 3.84. The van der Waals surface area contributed by atoms with Gasteiger partial charge in [0.2, 0.25) is 5.91 Å². The van der Waals surface area contributed by atoms with Gasteiger partial charge in [0.1, 0.15) is 11.8 Å². The number of aliphatic hydroxyl groups is 1. The van der Waals surface area contributed by atoms with Crippen molar-refractivity contribution in [1.29, 1.82) is 0 Å². The molecule has 0 fully saturated rings. The van der Waals surface area contributed by atoms with E-state index in [1.807, 2.05) is 0 Å². The lowest BCUT2D eigenvalue weighted by atomic mass is 10.2. The first-order valence-electron chi connectivity index (χ1n) is 5.64. The maximum Gasteiger partial charge on any atom is 0.326 e. The van der Waals surface area contributed by atoms with E-state index in [2.05, 4.69) is 5.32 Å². The molecule has 1 aromatic rings. The molecule has 0 aliphatic carbocycles. The summed E-state index contributed by atoms with van der Waals surface area (Å²) in [6.07, 6.45) is 2.64. The number of hydrogen-bond donors (Lipinski definition) is 4. The number of rotatable bonds is 6. The first-order valence-corrected chi connectivity index (χ1v) is 5.64. The predicted octanol–water partition coefficient (Wildman–Crippen LogP) is 0.357. The molecule has 0 saturated heterocycles. The number of carbonyl (C=O) groups excluding carboxylic acids is 1. The van der Waals surface area contributed by atoms with Gasteiger partial charge >= 0.3 is 5.97 Å². The smallest absolute Gasteiger partial charge is 0.326 e. The summed E-state index contributed by atoms with van der Waals surface area (Å²) in [5, 5.41) is 28.8. The predicted molar refractivity (Wildman–Crippen MR) is 68.4 cm³/mol. The zero-order chi connectivity index (χ0) is 14.3. The van der Waals surface area contributed by atoms with Crippen LogP contribution in [0.4, 0.5) is 0 Å². The normalized spacial score (nSPS) is 12.3. The number of phenolic OH excluding ortho intramolecular Hbond substituents is 1. The minimum absolute atomic E-state index is 0.0475. The molecule has 0 aromatic heterocycles. The lowest BCUT2D eigenvalue weighted by molar-refractivity contribution is -0.141. The quantitative estimate of drug-likeness (QED) is 0.555. The molecule has 0 radical (unpaired) electrons. The van der Waals surface area contributed by atoms with Gasteiger partial charge in [-0.2, -0.15) is 0 Å². The van der Waals surface area contributed by atoms with Crippen molar-refractivity contribution in [3.05, 3.63) is 35.9 Å². The van der Waals surface area contributed by atoms with Crippen molar-refractivity contribution < 1.29 is 24.9 Å². The number of carboxylic acids is 1. The van der Waals surface area contributed by atoms with Crippen LogP contribution in [-0.2, 0) is 9.59 Å². The van der Waals surface area contributed by atoms with Crippen LogP contribution in [-0.4, -0.2) is 39.8 Å². The number of carbonyl (C=O) groups is 2. The topological polar surface area (TPSA) is 107 Å². The molecule has 1 aromatic carbocycles. The molecule has 0 aliphatic heterocycles. The van der Waals surface area contributed by atoms with Gasteiger partial charge in [0, 0.05) is 19.1 Å². The van der Waals surface area contributed by atoms with Crippen LogP contribution in [0.25, 0.3) is 6.08 Å². The van der Waals surface area contributed by atoms with Crippen molar-refractivity contribution in [2.75, 3.05) is 6.61 Å². The number of amides is 1. The summed E-state index contributed by atoms with van der Waals surface area (Å²) in [6.45, 7) is -0.321. The first-order chi connectivity index (χ1) is 9.02. The average molecular weight is 265 g/mol. The fourth-order valence-electron chi connectivity index (χ4n) is 1.36. The van der Waals surface area contributed by atoms with Crippen LogP contribution >= 0.6 is 0 Å². The highest BCUT2D eigenvalue weighted by Crippen LogP contribution is 2.10. The molecule has 0 aliphatic rings. The fourth-order valence-corrected chi connectivity index (χ4v) is 1.36. The van der Waals surface area contributed by atoms with E-state index in [9.17, 15) is 9.59 Å². The van der Waals surface area contributed by atoms with Gasteiger partial charge in [-0.1, -0.05) is 12.1 Å². The van der Waals surface area contributed by atoms with Crippen LogP contribution in [0.2, 0.25) is 0 Å².